The number of hydrogen-bond donors (Lipinski definition) is 0. The second-order valence-corrected chi connectivity index (χ2v) is 6.20. The number of aromatic nitrogens is 3. The second kappa shape index (κ2) is 4.94. The zero-order valence-electron chi connectivity index (χ0n) is 8.72. The molecule has 0 spiro atoms. The summed E-state index contributed by atoms with van der Waals surface area (Å²) in [6.45, 7) is 2.27. The molecule has 1 aromatic rings. The van der Waals surface area contributed by atoms with Gasteiger partial charge in [-0.3, -0.25) is 4.68 Å². The van der Waals surface area contributed by atoms with Gasteiger partial charge in [0.05, 0.1) is 17.7 Å². The Hall–Kier alpha value is -0.620. The van der Waals surface area contributed by atoms with Crippen LogP contribution in [0.15, 0.2) is 6.20 Å². The second-order valence-electron chi connectivity index (χ2n) is 3.41. The van der Waals surface area contributed by atoms with E-state index in [0.29, 0.717) is 12.2 Å². The fraction of sp³-hybridized carbons (Fsp3) is 0.750. The average molecular weight is 252 g/mol. The number of aryl methyl sites for hydroxylation is 1. The van der Waals surface area contributed by atoms with Crippen LogP contribution in [0.1, 0.15) is 24.4 Å². The van der Waals surface area contributed by atoms with E-state index >= 15 is 0 Å². The highest BCUT2D eigenvalue weighted by molar-refractivity contribution is 7.90. The first kappa shape index (κ1) is 12.4. The fourth-order valence-corrected chi connectivity index (χ4v) is 1.65. The molecule has 1 rings (SSSR count). The van der Waals surface area contributed by atoms with Gasteiger partial charge in [0.2, 0.25) is 0 Å². The molecular weight excluding hydrogens is 238 g/mol. The molecule has 0 radical (unpaired) electrons. The molecule has 7 heteroatoms. The van der Waals surface area contributed by atoms with Crippen LogP contribution in [0.25, 0.3) is 0 Å². The Labute approximate surface area is 94.3 Å². The topological polar surface area (TPSA) is 64.8 Å². The van der Waals surface area contributed by atoms with Gasteiger partial charge < -0.3 is 0 Å². The predicted octanol–water partition coefficient (Wildman–Crippen LogP) is 1.01. The smallest absolute Gasteiger partial charge is 0.149 e. The van der Waals surface area contributed by atoms with E-state index in [1.54, 1.807) is 6.20 Å². The highest BCUT2D eigenvalue weighted by Gasteiger charge is 2.10. The van der Waals surface area contributed by atoms with Crippen molar-refractivity contribution in [3.05, 3.63) is 11.9 Å². The van der Waals surface area contributed by atoms with Gasteiger partial charge in [-0.15, -0.1) is 16.7 Å². The summed E-state index contributed by atoms with van der Waals surface area (Å²) in [5.41, 5.74) is 0.688. The van der Waals surface area contributed by atoms with Crippen molar-refractivity contribution in [2.24, 2.45) is 0 Å². The van der Waals surface area contributed by atoms with E-state index in [-0.39, 0.29) is 11.1 Å². The van der Waals surface area contributed by atoms with E-state index in [1.807, 2.05) is 6.92 Å². The van der Waals surface area contributed by atoms with Crippen LogP contribution in [0.4, 0.5) is 0 Å². The first-order valence-electron chi connectivity index (χ1n) is 4.64. The maximum Gasteiger partial charge on any atom is 0.149 e. The van der Waals surface area contributed by atoms with Crippen LogP contribution in [-0.2, 0) is 16.4 Å². The van der Waals surface area contributed by atoms with Crippen LogP contribution in [0.3, 0.4) is 0 Å². The Kier molecular flexibility index (Phi) is 4.10. The monoisotopic (exact) mass is 251 g/mol. The lowest BCUT2D eigenvalue weighted by atomic mass is 10.3. The molecule has 1 unspecified atom stereocenters. The third-order valence-corrected chi connectivity index (χ3v) is 3.38. The van der Waals surface area contributed by atoms with Gasteiger partial charge in [-0.25, -0.2) is 8.42 Å². The number of alkyl halides is 1. The normalized spacial score (nSPS) is 14.1. The van der Waals surface area contributed by atoms with Gasteiger partial charge in [-0.1, -0.05) is 12.1 Å². The zero-order chi connectivity index (χ0) is 11.5. The molecule has 15 heavy (non-hydrogen) atoms. The van der Waals surface area contributed by atoms with E-state index in [0.717, 1.165) is 6.42 Å². The van der Waals surface area contributed by atoms with Crippen LogP contribution in [0, 0.1) is 0 Å². The lowest BCUT2D eigenvalue weighted by Gasteiger charge is -1.99. The number of sulfone groups is 1. The fourth-order valence-electron chi connectivity index (χ4n) is 1.03. The van der Waals surface area contributed by atoms with Crippen molar-refractivity contribution in [1.82, 2.24) is 15.0 Å². The zero-order valence-corrected chi connectivity index (χ0v) is 10.3. The molecule has 5 nitrogen and oxygen atoms in total. The molecule has 0 aliphatic heterocycles. The summed E-state index contributed by atoms with van der Waals surface area (Å²) >= 11 is 5.96. The largest absolute Gasteiger partial charge is 0.251 e. The van der Waals surface area contributed by atoms with Crippen LogP contribution in [-0.4, -0.2) is 35.4 Å². The van der Waals surface area contributed by atoms with Crippen LogP contribution in [0.2, 0.25) is 0 Å². The maximum atomic E-state index is 10.9. The summed E-state index contributed by atoms with van der Waals surface area (Å²) in [4.78, 5) is 0. The van der Waals surface area contributed by atoms with Gasteiger partial charge in [0, 0.05) is 12.5 Å². The van der Waals surface area contributed by atoms with Gasteiger partial charge in [0.1, 0.15) is 15.5 Å². The molecule has 0 saturated carbocycles. The quantitative estimate of drug-likeness (QED) is 0.733. The van der Waals surface area contributed by atoms with Gasteiger partial charge in [-0.05, 0) is 6.42 Å². The summed E-state index contributed by atoms with van der Waals surface area (Å²) < 4.78 is 23.3. The Morgan fingerprint density at radius 2 is 2.27 bits per heavy atom. The molecular formula is C8H14ClN3O2S. The third-order valence-electron chi connectivity index (χ3n) is 1.93. The van der Waals surface area contributed by atoms with Crippen molar-refractivity contribution < 1.29 is 8.42 Å². The number of halogens is 1. The highest BCUT2D eigenvalue weighted by atomic mass is 35.5. The molecule has 0 N–H and O–H groups in total. The molecule has 86 valence electrons. The molecule has 0 aromatic carbocycles. The molecule has 0 aliphatic rings. The molecule has 1 aromatic heterocycles. The van der Waals surface area contributed by atoms with E-state index in [2.05, 4.69) is 10.3 Å². The SMILES string of the molecule is CCC(Cl)c1cn(CCS(C)(=O)=O)nn1. The summed E-state index contributed by atoms with van der Waals surface area (Å²) in [6, 6.07) is 0. The van der Waals surface area contributed by atoms with Crippen molar-refractivity contribution in [2.75, 3.05) is 12.0 Å². The summed E-state index contributed by atoms with van der Waals surface area (Å²) in [5.74, 6) is 0.0644. The van der Waals surface area contributed by atoms with Crippen LogP contribution < -0.4 is 0 Å². The summed E-state index contributed by atoms with van der Waals surface area (Å²) in [5, 5.41) is 7.52. The molecule has 0 bridgehead atoms. The minimum absolute atomic E-state index is 0.0644. The van der Waals surface area contributed by atoms with Crippen molar-refractivity contribution in [3.8, 4) is 0 Å². The Bertz CT molecular complexity index is 415. The van der Waals surface area contributed by atoms with Crippen molar-refractivity contribution in [1.29, 1.82) is 0 Å². The first-order valence-corrected chi connectivity index (χ1v) is 7.14. The van der Waals surface area contributed by atoms with Gasteiger partial charge in [0.15, 0.2) is 0 Å². The van der Waals surface area contributed by atoms with E-state index in [9.17, 15) is 8.42 Å². The average Bonchev–Trinajstić information content (AvgIpc) is 2.61. The molecule has 0 amide bonds. The Morgan fingerprint density at radius 3 is 2.80 bits per heavy atom. The maximum absolute atomic E-state index is 10.9. The van der Waals surface area contributed by atoms with Crippen LogP contribution >= 0.6 is 11.6 Å². The minimum atomic E-state index is -2.96. The number of rotatable bonds is 5. The van der Waals surface area contributed by atoms with Gasteiger partial charge in [0.25, 0.3) is 0 Å². The third kappa shape index (κ3) is 4.17. The number of nitrogens with zero attached hydrogens (tertiary/aromatic N) is 3. The van der Waals surface area contributed by atoms with E-state index < -0.39 is 9.84 Å². The molecule has 0 fully saturated rings. The lowest BCUT2D eigenvalue weighted by Crippen LogP contribution is -2.11. The van der Waals surface area contributed by atoms with Gasteiger partial charge in [-0.2, -0.15) is 0 Å². The van der Waals surface area contributed by atoms with Crippen molar-refractivity contribution in [3.63, 3.8) is 0 Å². The molecule has 1 atom stereocenters. The molecule has 0 saturated heterocycles. The number of hydrogen-bond acceptors (Lipinski definition) is 4. The van der Waals surface area contributed by atoms with E-state index in [1.165, 1.54) is 10.9 Å². The standard InChI is InChI=1S/C8H14ClN3O2S/c1-3-7(9)8-6-12(11-10-8)4-5-15(2,13)14/h6-7H,3-5H2,1-2H3. The van der Waals surface area contributed by atoms with Crippen molar-refractivity contribution >= 4 is 21.4 Å². The first-order chi connectivity index (χ1) is 6.92. The highest BCUT2D eigenvalue weighted by Crippen LogP contribution is 2.20. The van der Waals surface area contributed by atoms with Crippen LogP contribution in [0.5, 0.6) is 0 Å². The lowest BCUT2D eigenvalue weighted by molar-refractivity contribution is 0.579. The van der Waals surface area contributed by atoms with Gasteiger partial charge >= 0.3 is 0 Å². The van der Waals surface area contributed by atoms with E-state index in [4.69, 9.17) is 11.6 Å². The Morgan fingerprint density at radius 1 is 1.60 bits per heavy atom. The molecule has 0 aliphatic carbocycles. The minimum Gasteiger partial charge on any atom is -0.251 e. The summed E-state index contributed by atoms with van der Waals surface area (Å²) in [7, 11) is -2.96. The summed E-state index contributed by atoms with van der Waals surface area (Å²) in [6.07, 6.45) is 3.65. The predicted molar refractivity (Wildman–Crippen MR) is 58.6 cm³/mol. The molecule has 1 heterocycles. The Balaban J connectivity index is 2.61. The van der Waals surface area contributed by atoms with Crippen molar-refractivity contribution in [2.45, 2.75) is 25.3 Å².